The Kier molecular flexibility index (Phi) is 5.15. The van der Waals surface area contributed by atoms with E-state index in [2.05, 4.69) is 5.32 Å². The Labute approximate surface area is 132 Å². The number of rotatable bonds is 2. The van der Waals surface area contributed by atoms with E-state index in [4.69, 9.17) is 9.90 Å². The van der Waals surface area contributed by atoms with Crippen LogP contribution >= 0.6 is 0 Å². The van der Waals surface area contributed by atoms with Gasteiger partial charge in [0, 0.05) is 49.8 Å². The minimum Gasteiger partial charge on any atom is -0.483 e. The van der Waals surface area contributed by atoms with Gasteiger partial charge in [-0.3, -0.25) is 19.2 Å². The number of hydrogen-bond acceptors (Lipinski definition) is 4. The average molecular weight is 321 g/mol. The van der Waals surface area contributed by atoms with Gasteiger partial charge in [-0.1, -0.05) is 0 Å². The lowest BCUT2D eigenvalue weighted by Gasteiger charge is -2.17. The second-order valence-corrected chi connectivity index (χ2v) is 5.49. The molecule has 2 N–H and O–H groups in total. The van der Waals surface area contributed by atoms with Crippen molar-refractivity contribution >= 4 is 18.3 Å². The first-order valence-electron chi connectivity index (χ1n) is 7.37. The third-order valence-electron chi connectivity index (χ3n) is 4.11. The standard InChI is InChI=1S/C14H17N3O3.CH2O2/c1-2-16-4-3-9(6-13(16)19)14(20)17-7-10-5-12(18)15-11(10)8-17;2-1-3/h3-4,6,10-11H,2,5,7-8H2,1H3,(H,15,18);1H,(H,2,3)/t10-,11+;/m0./s1. The molecular weight excluding hydrogens is 302 g/mol. The number of nitrogens with one attached hydrogen (secondary N) is 1. The van der Waals surface area contributed by atoms with E-state index in [0.717, 1.165) is 0 Å². The third-order valence-corrected chi connectivity index (χ3v) is 4.11. The van der Waals surface area contributed by atoms with Crippen LogP contribution in [-0.4, -0.2) is 52.0 Å². The van der Waals surface area contributed by atoms with Crippen molar-refractivity contribution in [3.05, 3.63) is 34.2 Å². The highest BCUT2D eigenvalue weighted by Gasteiger charge is 2.41. The Morgan fingerprint density at radius 2 is 2.13 bits per heavy atom. The maximum atomic E-state index is 12.4. The van der Waals surface area contributed by atoms with Crippen molar-refractivity contribution in [2.24, 2.45) is 5.92 Å². The fourth-order valence-electron chi connectivity index (χ4n) is 3.00. The van der Waals surface area contributed by atoms with Gasteiger partial charge in [-0.15, -0.1) is 0 Å². The molecule has 1 aromatic rings. The summed E-state index contributed by atoms with van der Waals surface area (Å²) in [6, 6.07) is 3.14. The number of aryl methyl sites for hydroxylation is 1. The Bertz CT molecular complexity index is 653. The summed E-state index contributed by atoms with van der Waals surface area (Å²) in [5.41, 5.74) is 0.261. The second kappa shape index (κ2) is 7.08. The van der Waals surface area contributed by atoms with Gasteiger partial charge >= 0.3 is 0 Å². The lowest BCUT2D eigenvalue weighted by molar-refractivity contribution is -0.123. The van der Waals surface area contributed by atoms with Crippen LogP contribution in [0, 0.1) is 5.92 Å². The molecule has 2 saturated heterocycles. The summed E-state index contributed by atoms with van der Waals surface area (Å²) < 4.78 is 1.55. The molecule has 0 aromatic carbocycles. The Morgan fingerprint density at radius 3 is 2.70 bits per heavy atom. The van der Waals surface area contributed by atoms with E-state index in [9.17, 15) is 14.4 Å². The molecule has 0 saturated carbocycles. The Morgan fingerprint density at radius 1 is 1.43 bits per heavy atom. The molecule has 3 rings (SSSR count). The van der Waals surface area contributed by atoms with E-state index in [0.29, 0.717) is 31.6 Å². The quantitative estimate of drug-likeness (QED) is 0.716. The topological polar surface area (TPSA) is 109 Å². The van der Waals surface area contributed by atoms with Crippen molar-refractivity contribution in [1.29, 1.82) is 0 Å². The van der Waals surface area contributed by atoms with Gasteiger partial charge in [0.25, 0.3) is 17.9 Å². The van der Waals surface area contributed by atoms with E-state index in [1.807, 2.05) is 6.92 Å². The molecule has 2 fully saturated rings. The van der Waals surface area contributed by atoms with Gasteiger partial charge in [-0.2, -0.15) is 0 Å². The van der Waals surface area contributed by atoms with Crippen molar-refractivity contribution in [1.82, 2.24) is 14.8 Å². The van der Waals surface area contributed by atoms with Crippen LogP contribution in [0.4, 0.5) is 0 Å². The zero-order valence-electron chi connectivity index (χ0n) is 12.8. The highest BCUT2D eigenvalue weighted by molar-refractivity contribution is 5.94. The van der Waals surface area contributed by atoms with Gasteiger partial charge in [0.1, 0.15) is 0 Å². The molecule has 2 amide bonds. The van der Waals surface area contributed by atoms with Gasteiger partial charge in [-0.05, 0) is 13.0 Å². The molecule has 0 radical (unpaired) electrons. The first kappa shape index (κ1) is 16.7. The van der Waals surface area contributed by atoms with E-state index in [1.165, 1.54) is 6.07 Å². The molecule has 2 aliphatic heterocycles. The molecule has 23 heavy (non-hydrogen) atoms. The molecule has 0 bridgehead atoms. The van der Waals surface area contributed by atoms with Crippen LogP contribution in [0.15, 0.2) is 23.1 Å². The molecule has 0 aliphatic carbocycles. The SMILES string of the molecule is CCn1ccc(C(=O)N2C[C@@H]3CC(=O)N[C@@H]3C2)cc1=O.O=CO. The van der Waals surface area contributed by atoms with Crippen LogP contribution in [0.5, 0.6) is 0 Å². The Hall–Kier alpha value is -2.64. The number of fused-ring (bicyclic) bond motifs is 1. The highest BCUT2D eigenvalue weighted by atomic mass is 16.3. The molecule has 2 aliphatic rings. The zero-order chi connectivity index (χ0) is 17.0. The normalized spacial score (nSPS) is 22.0. The third kappa shape index (κ3) is 3.58. The van der Waals surface area contributed by atoms with Crippen LogP contribution in [0.2, 0.25) is 0 Å². The molecule has 0 spiro atoms. The molecule has 0 unspecified atom stereocenters. The van der Waals surface area contributed by atoms with E-state index < -0.39 is 0 Å². The minimum absolute atomic E-state index is 0.0673. The van der Waals surface area contributed by atoms with Crippen molar-refractivity contribution in [2.45, 2.75) is 25.9 Å². The summed E-state index contributed by atoms with van der Waals surface area (Å²) in [5.74, 6) is 0.147. The van der Waals surface area contributed by atoms with Crippen molar-refractivity contribution in [3.63, 3.8) is 0 Å². The molecule has 124 valence electrons. The highest BCUT2D eigenvalue weighted by Crippen LogP contribution is 2.26. The minimum atomic E-state index is -0.250. The second-order valence-electron chi connectivity index (χ2n) is 5.49. The number of carbonyl (C=O) groups excluding carboxylic acids is 2. The van der Waals surface area contributed by atoms with Crippen molar-refractivity contribution in [2.75, 3.05) is 13.1 Å². The number of nitrogens with zero attached hydrogens (tertiary/aromatic N) is 2. The predicted molar refractivity (Wildman–Crippen MR) is 81.0 cm³/mol. The monoisotopic (exact) mass is 321 g/mol. The largest absolute Gasteiger partial charge is 0.483 e. The van der Waals surface area contributed by atoms with Crippen molar-refractivity contribution in [3.8, 4) is 0 Å². The van der Waals surface area contributed by atoms with Crippen LogP contribution in [0.1, 0.15) is 23.7 Å². The average Bonchev–Trinajstić information content (AvgIpc) is 3.04. The van der Waals surface area contributed by atoms with Gasteiger partial charge < -0.3 is 19.9 Å². The fourth-order valence-corrected chi connectivity index (χ4v) is 3.00. The number of hydrogen-bond donors (Lipinski definition) is 2. The van der Waals surface area contributed by atoms with E-state index >= 15 is 0 Å². The number of carbonyl (C=O) groups is 3. The number of aromatic nitrogens is 1. The van der Waals surface area contributed by atoms with Crippen LogP contribution < -0.4 is 10.9 Å². The zero-order valence-corrected chi connectivity index (χ0v) is 12.8. The smallest absolute Gasteiger partial charge is 0.290 e. The summed E-state index contributed by atoms with van der Waals surface area (Å²) in [7, 11) is 0. The lowest BCUT2D eigenvalue weighted by atomic mass is 10.1. The molecular formula is C15H19N3O5. The lowest BCUT2D eigenvalue weighted by Crippen LogP contribution is -2.36. The van der Waals surface area contributed by atoms with E-state index in [-0.39, 0.29) is 35.8 Å². The summed E-state index contributed by atoms with van der Waals surface area (Å²) in [6.45, 7) is 3.34. The molecule has 3 heterocycles. The molecule has 2 atom stereocenters. The van der Waals surface area contributed by atoms with Crippen molar-refractivity contribution < 1.29 is 19.5 Å². The Balaban J connectivity index is 0.000000595. The van der Waals surface area contributed by atoms with Crippen LogP contribution in [-0.2, 0) is 16.1 Å². The number of likely N-dealkylation sites (tertiary alicyclic amines) is 1. The number of carboxylic acid groups (broad SMARTS) is 1. The van der Waals surface area contributed by atoms with Crippen LogP contribution in [0.25, 0.3) is 0 Å². The number of amides is 2. The maximum Gasteiger partial charge on any atom is 0.290 e. The first-order valence-corrected chi connectivity index (χ1v) is 7.37. The molecule has 1 aromatic heterocycles. The summed E-state index contributed by atoms with van der Waals surface area (Å²) in [5, 5.41) is 9.77. The van der Waals surface area contributed by atoms with Crippen LogP contribution in [0.3, 0.4) is 0 Å². The summed E-state index contributed by atoms with van der Waals surface area (Å²) >= 11 is 0. The van der Waals surface area contributed by atoms with Gasteiger partial charge in [-0.25, -0.2) is 0 Å². The maximum absolute atomic E-state index is 12.4. The molecule has 8 nitrogen and oxygen atoms in total. The molecule has 8 heteroatoms. The predicted octanol–water partition coefficient (Wildman–Crippen LogP) is -0.470. The summed E-state index contributed by atoms with van der Waals surface area (Å²) in [6.07, 6.45) is 2.14. The van der Waals surface area contributed by atoms with E-state index in [1.54, 1.807) is 21.7 Å². The van der Waals surface area contributed by atoms with Gasteiger partial charge in [0.15, 0.2) is 0 Å². The van der Waals surface area contributed by atoms with Gasteiger partial charge in [0.2, 0.25) is 5.91 Å². The fraction of sp³-hybridized carbons (Fsp3) is 0.467. The first-order chi connectivity index (χ1) is 11.0. The van der Waals surface area contributed by atoms with Gasteiger partial charge in [0.05, 0.1) is 6.04 Å². The summed E-state index contributed by atoms with van der Waals surface area (Å²) in [4.78, 5) is 45.5. The number of pyridine rings is 1.